The van der Waals surface area contributed by atoms with Gasteiger partial charge in [0, 0.05) is 10.9 Å². The van der Waals surface area contributed by atoms with Gasteiger partial charge in [-0.3, -0.25) is 4.79 Å². The van der Waals surface area contributed by atoms with E-state index in [0.717, 1.165) is 17.8 Å². The van der Waals surface area contributed by atoms with Crippen LogP contribution in [-0.4, -0.2) is 37.3 Å². The first-order chi connectivity index (χ1) is 12.2. The number of hydrogen-bond donors (Lipinski definition) is 1. The summed E-state index contributed by atoms with van der Waals surface area (Å²) in [7, 11) is 0. The zero-order chi connectivity index (χ0) is 17.2. The first kappa shape index (κ1) is 15.9. The van der Waals surface area contributed by atoms with Gasteiger partial charge in [0.1, 0.15) is 11.3 Å². The molecule has 3 aromatic heterocycles. The molecule has 130 valence electrons. The molecular weight excluding hydrogens is 340 g/mol. The highest BCUT2D eigenvalue weighted by Crippen LogP contribution is 2.29. The average molecular weight is 358 g/mol. The van der Waals surface area contributed by atoms with Gasteiger partial charge in [0.15, 0.2) is 12.3 Å². The van der Waals surface area contributed by atoms with Crippen molar-refractivity contribution in [3.8, 4) is 5.88 Å². The molecule has 0 saturated carbocycles. The fourth-order valence-corrected chi connectivity index (χ4v) is 3.99. The van der Waals surface area contributed by atoms with Crippen molar-refractivity contribution in [1.29, 1.82) is 0 Å². The summed E-state index contributed by atoms with van der Waals surface area (Å²) in [6.45, 7) is 1.85. The zero-order valence-corrected chi connectivity index (χ0v) is 14.6. The van der Waals surface area contributed by atoms with E-state index in [1.54, 1.807) is 23.5 Å². The summed E-state index contributed by atoms with van der Waals surface area (Å²) in [5.74, 6) is 0.145. The number of ether oxygens (including phenoxy) is 1. The van der Waals surface area contributed by atoms with E-state index >= 15 is 0 Å². The van der Waals surface area contributed by atoms with Gasteiger partial charge in [-0.05, 0) is 38.7 Å². The Bertz CT molecular complexity index is 882. The predicted molar refractivity (Wildman–Crippen MR) is 91.6 cm³/mol. The van der Waals surface area contributed by atoms with Crippen molar-refractivity contribution in [3.05, 3.63) is 34.0 Å². The minimum Gasteiger partial charge on any atom is -0.467 e. The number of hydrogen-bond acceptors (Lipinski definition) is 7. The van der Waals surface area contributed by atoms with E-state index in [-0.39, 0.29) is 18.6 Å². The Kier molecular flexibility index (Phi) is 4.31. The lowest BCUT2D eigenvalue weighted by Crippen LogP contribution is -2.31. The zero-order valence-electron chi connectivity index (χ0n) is 13.8. The SMILES string of the molecule is C[C@@H](NC(=O)COc1ccc2nncn2n1)c1nc2c(s1)CCCC2. The predicted octanol–water partition coefficient (Wildman–Crippen LogP) is 1.72. The monoisotopic (exact) mass is 358 g/mol. The van der Waals surface area contributed by atoms with E-state index in [1.165, 1.54) is 34.3 Å². The van der Waals surface area contributed by atoms with Crippen molar-refractivity contribution in [3.63, 3.8) is 0 Å². The number of thiazole rings is 1. The molecule has 1 aliphatic carbocycles. The van der Waals surface area contributed by atoms with Crippen LogP contribution in [0, 0.1) is 0 Å². The molecule has 0 aromatic carbocycles. The summed E-state index contributed by atoms with van der Waals surface area (Å²) in [6, 6.07) is 3.27. The van der Waals surface area contributed by atoms with Crippen LogP contribution in [0.2, 0.25) is 0 Å². The van der Waals surface area contributed by atoms with E-state index in [0.29, 0.717) is 11.5 Å². The molecule has 0 unspecified atom stereocenters. The molecule has 0 saturated heterocycles. The molecular formula is C16H18N6O2S. The number of carbonyl (C=O) groups is 1. The molecule has 3 heterocycles. The first-order valence-corrected chi connectivity index (χ1v) is 9.08. The number of fused-ring (bicyclic) bond motifs is 2. The van der Waals surface area contributed by atoms with Gasteiger partial charge in [0.25, 0.3) is 5.91 Å². The van der Waals surface area contributed by atoms with E-state index < -0.39 is 0 Å². The summed E-state index contributed by atoms with van der Waals surface area (Å²) in [6.07, 6.45) is 6.07. The molecule has 3 aromatic rings. The second-order valence-corrected chi connectivity index (χ2v) is 7.13. The van der Waals surface area contributed by atoms with Crippen molar-refractivity contribution >= 4 is 22.9 Å². The lowest BCUT2D eigenvalue weighted by atomic mass is 10.0. The maximum absolute atomic E-state index is 12.1. The number of aromatic nitrogens is 5. The fraction of sp³-hybridized carbons (Fsp3) is 0.438. The maximum atomic E-state index is 12.1. The van der Waals surface area contributed by atoms with Crippen molar-refractivity contribution in [2.45, 2.75) is 38.6 Å². The van der Waals surface area contributed by atoms with Gasteiger partial charge in [-0.25, -0.2) is 4.98 Å². The smallest absolute Gasteiger partial charge is 0.258 e. The third-order valence-corrected chi connectivity index (χ3v) is 5.44. The highest BCUT2D eigenvalue weighted by atomic mass is 32.1. The third-order valence-electron chi connectivity index (χ3n) is 4.10. The van der Waals surface area contributed by atoms with E-state index in [4.69, 9.17) is 4.74 Å². The summed E-state index contributed by atoms with van der Waals surface area (Å²) in [5.41, 5.74) is 1.83. The van der Waals surface area contributed by atoms with Gasteiger partial charge in [-0.15, -0.1) is 26.6 Å². The molecule has 0 radical (unpaired) electrons. The molecule has 9 heteroatoms. The Morgan fingerprint density at radius 1 is 1.40 bits per heavy atom. The number of amides is 1. The molecule has 4 rings (SSSR count). The van der Waals surface area contributed by atoms with Crippen LogP contribution in [0.25, 0.3) is 5.65 Å². The highest BCUT2D eigenvalue weighted by molar-refractivity contribution is 7.11. The second-order valence-electron chi connectivity index (χ2n) is 6.01. The lowest BCUT2D eigenvalue weighted by molar-refractivity contribution is -0.123. The van der Waals surface area contributed by atoms with E-state index in [9.17, 15) is 4.79 Å². The Balaban J connectivity index is 1.34. The van der Waals surface area contributed by atoms with Gasteiger partial charge < -0.3 is 10.1 Å². The quantitative estimate of drug-likeness (QED) is 0.746. The van der Waals surface area contributed by atoms with Gasteiger partial charge in [-0.2, -0.15) is 4.52 Å². The normalized spacial score (nSPS) is 14.9. The molecule has 0 fully saturated rings. The van der Waals surface area contributed by atoms with Crippen molar-refractivity contribution in [2.24, 2.45) is 0 Å². The van der Waals surface area contributed by atoms with Crippen LogP contribution in [0.4, 0.5) is 0 Å². The number of nitrogens with zero attached hydrogens (tertiary/aromatic N) is 5. The standard InChI is InChI=1S/C16H18N6O2S/c1-10(16-19-11-4-2-3-5-12(11)25-16)18-14(23)8-24-15-7-6-13-20-17-9-22(13)21-15/h6-7,9-10H,2-5,8H2,1H3,(H,18,23)/t10-/m1/s1. The highest BCUT2D eigenvalue weighted by Gasteiger charge is 2.19. The van der Waals surface area contributed by atoms with Crippen molar-refractivity contribution in [1.82, 2.24) is 30.1 Å². The molecule has 1 amide bonds. The van der Waals surface area contributed by atoms with E-state index in [1.807, 2.05) is 6.92 Å². The minimum absolute atomic E-state index is 0.101. The Morgan fingerprint density at radius 2 is 2.28 bits per heavy atom. The molecule has 8 nitrogen and oxygen atoms in total. The van der Waals surface area contributed by atoms with Crippen molar-refractivity contribution in [2.75, 3.05) is 6.61 Å². The maximum Gasteiger partial charge on any atom is 0.258 e. The number of nitrogens with one attached hydrogen (secondary N) is 1. The van der Waals surface area contributed by atoms with Crippen LogP contribution in [0.5, 0.6) is 5.88 Å². The Hall–Kier alpha value is -2.55. The van der Waals surface area contributed by atoms with Crippen LogP contribution in [0.1, 0.15) is 41.4 Å². The molecule has 25 heavy (non-hydrogen) atoms. The van der Waals surface area contributed by atoms with Crippen LogP contribution < -0.4 is 10.1 Å². The lowest BCUT2D eigenvalue weighted by Gasteiger charge is -2.11. The third kappa shape index (κ3) is 3.46. The Morgan fingerprint density at radius 3 is 3.16 bits per heavy atom. The largest absolute Gasteiger partial charge is 0.467 e. The van der Waals surface area contributed by atoms with Gasteiger partial charge >= 0.3 is 0 Å². The molecule has 1 N–H and O–H groups in total. The second kappa shape index (κ2) is 6.75. The fourth-order valence-electron chi connectivity index (χ4n) is 2.83. The average Bonchev–Trinajstić information content (AvgIpc) is 3.25. The topological polar surface area (TPSA) is 94.3 Å². The van der Waals surface area contributed by atoms with Gasteiger partial charge in [0.05, 0.1) is 11.7 Å². The first-order valence-electron chi connectivity index (χ1n) is 8.27. The minimum atomic E-state index is -0.202. The van der Waals surface area contributed by atoms with E-state index in [2.05, 4.69) is 25.6 Å². The molecule has 1 atom stereocenters. The number of aryl methyl sites for hydroxylation is 2. The van der Waals surface area contributed by atoms with Crippen LogP contribution in [0.15, 0.2) is 18.5 Å². The van der Waals surface area contributed by atoms with Gasteiger partial charge in [0.2, 0.25) is 5.88 Å². The van der Waals surface area contributed by atoms with Gasteiger partial charge in [-0.1, -0.05) is 0 Å². The van der Waals surface area contributed by atoms with Crippen molar-refractivity contribution < 1.29 is 9.53 Å². The molecule has 1 aliphatic rings. The molecule has 0 aliphatic heterocycles. The van der Waals surface area contributed by atoms with Crippen LogP contribution in [-0.2, 0) is 17.6 Å². The summed E-state index contributed by atoms with van der Waals surface area (Å²) >= 11 is 1.71. The Labute approximate surface area is 148 Å². The molecule has 0 spiro atoms. The summed E-state index contributed by atoms with van der Waals surface area (Å²) in [4.78, 5) is 18.2. The number of carbonyl (C=O) groups excluding carboxylic acids is 1. The van der Waals surface area contributed by atoms with Crippen LogP contribution in [0.3, 0.4) is 0 Å². The van der Waals surface area contributed by atoms with Crippen LogP contribution >= 0.6 is 11.3 Å². The summed E-state index contributed by atoms with van der Waals surface area (Å²) in [5, 5.41) is 15.7. The number of rotatable bonds is 5. The summed E-state index contributed by atoms with van der Waals surface area (Å²) < 4.78 is 6.94. The molecule has 0 bridgehead atoms.